The second kappa shape index (κ2) is 5.92. The number of benzene rings is 2. The summed E-state index contributed by atoms with van der Waals surface area (Å²) in [4.78, 5) is 12.4. The SMILES string of the molecule is Cc1ccc(N(CC(=O)O)c2c(F)cccc2Cl)cc1. The highest BCUT2D eigenvalue weighted by Gasteiger charge is 2.19. The molecule has 5 heteroatoms. The van der Waals surface area contributed by atoms with Crippen LogP contribution in [0.15, 0.2) is 42.5 Å². The molecule has 1 N–H and O–H groups in total. The Labute approximate surface area is 121 Å². The minimum absolute atomic E-state index is 0.0698. The summed E-state index contributed by atoms with van der Waals surface area (Å²) in [6.07, 6.45) is 0. The minimum atomic E-state index is -1.06. The first-order chi connectivity index (χ1) is 9.49. The molecule has 0 unspecified atom stereocenters. The number of halogens is 2. The molecule has 0 atom stereocenters. The number of anilines is 2. The third-order valence-corrected chi connectivity index (χ3v) is 3.15. The van der Waals surface area contributed by atoms with E-state index in [4.69, 9.17) is 16.7 Å². The Balaban J connectivity index is 2.52. The Kier molecular flexibility index (Phi) is 4.25. The molecule has 0 aliphatic rings. The van der Waals surface area contributed by atoms with Crippen LogP contribution in [0.25, 0.3) is 0 Å². The monoisotopic (exact) mass is 293 g/mol. The van der Waals surface area contributed by atoms with E-state index < -0.39 is 11.8 Å². The number of rotatable bonds is 4. The third-order valence-electron chi connectivity index (χ3n) is 2.85. The molecule has 0 saturated heterocycles. The molecule has 0 radical (unpaired) electrons. The maximum Gasteiger partial charge on any atom is 0.323 e. The smallest absolute Gasteiger partial charge is 0.323 e. The molecular formula is C15H13ClFNO2. The number of nitrogens with zero attached hydrogens (tertiary/aromatic N) is 1. The molecule has 20 heavy (non-hydrogen) atoms. The van der Waals surface area contributed by atoms with Crippen molar-refractivity contribution in [3.8, 4) is 0 Å². The lowest BCUT2D eigenvalue weighted by Crippen LogP contribution is -2.26. The van der Waals surface area contributed by atoms with Crippen LogP contribution in [0, 0.1) is 12.7 Å². The third kappa shape index (κ3) is 3.08. The molecule has 2 aromatic carbocycles. The van der Waals surface area contributed by atoms with Crippen LogP contribution in [0.4, 0.5) is 15.8 Å². The Morgan fingerprint density at radius 1 is 1.25 bits per heavy atom. The zero-order chi connectivity index (χ0) is 14.7. The van der Waals surface area contributed by atoms with Crippen molar-refractivity contribution in [1.29, 1.82) is 0 Å². The van der Waals surface area contributed by atoms with Gasteiger partial charge < -0.3 is 10.0 Å². The first-order valence-corrected chi connectivity index (χ1v) is 6.37. The highest BCUT2D eigenvalue weighted by molar-refractivity contribution is 6.33. The fourth-order valence-electron chi connectivity index (χ4n) is 1.91. The topological polar surface area (TPSA) is 40.5 Å². The van der Waals surface area contributed by atoms with Gasteiger partial charge in [0.25, 0.3) is 0 Å². The summed E-state index contributed by atoms with van der Waals surface area (Å²) < 4.78 is 14.0. The number of aliphatic carboxylic acids is 1. The van der Waals surface area contributed by atoms with Gasteiger partial charge in [-0.05, 0) is 31.2 Å². The van der Waals surface area contributed by atoms with E-state index in [-0.39, 0.29) is 17.3 Å². The van der Waals surface area contributed by atoms with Crippen LogP contribution in [0.3, 0.4) is 0 Å². The Morgan fingerprint density at radius 2 is 1.90 bits per heavy atom. The fraction of sp³-hybridized carbons (Fsp3) is 0.133. The van der Waals surface area contributed by atoms with Gasteiger partial charge >= 0.3 is 5.97 Å². The van der Waals surface area contributed by atoms with Gasteiger partial charge in [-0.15, -0.1) is 0 Å². The second-order valence-corrected chi connectivity index (χ2v) is 4.79. The summed E-state index contributed by atoms with van der Waals surface area (Å²) in [5, 5.41) is 9.21. The van der Waals surface area contributed by atoms with Gasteiger partial charge in [-0.2, -0.15) is 0 Å². The predicted molar refractivity (Wildman–Crippen MR) is 77.2 cm³/mol. The zero-order valence-corrected chi connectivity index (χ0v) is 11.6. The molecule has 104 valence electrons. The van der Waals surface area contributed by atoms with E-state index in [0.717, 1.165) is 5.56 Å². The summed E-state index contributed by atoms with van der Waals surface area (Å²) in [7, 11) is 0. The first kappa shape index (κ1) is 14.3. The van der Waals surface area contributed by atoms with Crippen molar-refractivity contribution in [3.63, 3.8) is 0 Å². The van der Waals surface area contributed by atoms with Gasteiger partial charge in [-0.25, -0.2) is 4.39 Å². The molecule has 2 rings (SSSR count). The van der Waals surface area contributed by atoms with Crippen molar-refractivity contribution >= 4 is 28.9 Å². The zero-order valence-electron chi connectivity index (χ0n) is 10.8. The lowest BCUT2D eigenvalue weighted by molar-refractivity contribution is -0.135. The molecule has 3 nitrogen and oxygen atoms in total. The summed E-state index contributed by atoms with van der Waals surface area (Å²) in [5.74, 6) is -1.62. The van der Waals surface area contributed by atoms with Crippen LogP contribution >= 0.6 is 11.6 Å². The number of hydrogen-bond donors (Lipinski definition) is 1. The van der Waals surface area contributed by atoms with E-state index in [0.29, 0.717) is 5.69 Å². The van der Waals surface area contributed by atoms with Crippen LogP contribution in [0.5, 0.6) is 0 Å². The molecule has 0 aliphatic carbocycles. The number of para-hydroxylation sites is 1. The van der Waals surface area contributed by atoms with Crippen LogP contribution in [-0.4, -0.2) is 17.6 Å². The lowest BCUT2D eigenvalue weighted by atomic mass is 10.2. The number of carboxylic acid groups (broad SMARTS) is 1. The summed E-state index contributed by atoms with van der Waals surface area (Å²) in [6.45, 7) is 1.55. The van der Waals surface area contributed by atoms with E-state index in [1.165, 1.54) is 23.1 Å². The van der Waals surface area contributed by atoms with Crippen molar-refractivity contribution in [2.45, 2.75) is 6.92 Å². The summed E-state index contributed by atoms with van der Waals surface area (Å²) in [5.41, 5.74) is 1.68. The number of aryl methyl sites for hydroxylation is 1. The maximum atomic E-state index is 14.0. The lowest BCUT2D eigenvalue weighted by Gasteiger charge is -2.24. The normalized spacial score (nSPS) is 10.3. The molecule has 0 heterocycles. The molecule has 0 bridgehead atoms. The molecule has 0 aliphatic heterocycles. The fourth-order valence-corrected chi connectivity index (χ4v) is 2.17. The van der Waals surface area contributed by atoms with Crippen molar-refractivity contribution in [1.82, 2.24) is 0 Å². The molecule has 0 spiro atoms. The van der Waals surface area contributed by atoms with Gasteiger partial charge in [0.05, 0.1) is 10.7 Å². The number of carbonyl (C=O) groups is 1. The molecule has 0 amide bonds. The van der Waals surface area contributed by atoms with Gasteiger partial charge in [0, 0.05) is 5.69 Å². The van der Waals surface area contributed by atoms with Gasteiger partial charge in [0.2, 0.25) is 0 Å². The maximum absolute atomic E-state index is 14.0. The average Bonchev–Trinajstić information content (AvgIpc) is 2.38. The predicted octanol–water partition coefficient (Wildman–Crippen LogP) is 4.01. The number of carboxylic acids is 1. The van der Waals surface area contributed by atoms with Gasteiger partial charge in [0.15, 0.2) is 0 Å². The first-order valence-electron chi connectivity index (χ1n) is 5.99. The van der Waals surface area contributed by atoms with Crippen molar-refractivity contribution in [2.24, 2.45) is 0 Å². The Bertz CT molecular complexity index is 608. The summed E-state index contributed by atoms with van der Waals surface area (Å²) in [6, 6.07) is 11.4. The standard InChI is InChI=1S/C15H13ClFNO2/c1-10-5-7-11(8-6-10)18(9-14(19)20)15-12(16)3-2-4-13(15)17/h2-8H,9H2,1H3,(H,19,20). The van der Waals surface area contributed by atoms with E-state index >= 15 is 0 Å². The van der Waals surface area contributed by atoms with E-state index in [1.54, 1.807) is 12.1 Å². The highest BCUT2D eigenvalue weighted by Crippen LogP contribution is 2.34. The van der Waals surface area contributed by atoms with E-state index in [2.05, 4.69) is 0 Å². The average molecular weight is 294 g/mol. The molecular weight excluding hydrogens is 281 g/mol. The van der Waals surface area contributed by atoms with Gasteiger partial charge in [-0.3, -0.25) is 4.79 Å². The van der Waals surface area contributed by atoms with E-state index in [1.807, 2.05) is 19.1 Å². The van der Waals surface area contributed by atoms with Crippen LogP contribution in [-0.2, 0) is 4.79 Å². The molecule has 0 fully saturated rings. The quantitative estimate of drug-likeness (QED) is 0.926. The summed E-state index contributed by atoms with van der Waals surface area (Å²) >= 11 is 6.01. The highest BCUT2D eigenvalue weighted by atomic mass is 35.5. The van der Waals surface area contributed by atoms with Crippen LogP contribution in [0.2, 0.25) is 5.02 Å². The van der Waals surface area contributed by atoms with Crippen molar-refractivity contribution < 1.29 is 14.3 Å². The van der Waals surface area contributed by atoms with Gasteiger partial charge in [-0.1, -0.05) is 35.4 Å². The Hall–Kier alpha value is -2.07. The Morgan fingerprint density at radius 3 is 2.45 bits per heavy atom. The largest absolute Gasteiger partial charge is 0.480 e. The minimum Gasteiger partial charge on any atom is -0.480 e. The van der Waals surface area contributed by atoms with Crippen molar-refractivity contribution in [2.75, 3.05) is 11.4 Å². The van der Waals surface area contributed by atoms with Crippen LogP contribution in [0.1, 0.15) is 5.56 Å². The van der Waals surface area contributed by atoms with Crippen LogP contribution < -0.4 is 4.90 Å². The van der Waals surface area contributed by atoms with Gasteiger partial charge in [0.1, 0.15) is 12.4 Å². The molecule has 2 aromatic rings. The van der Waals surface area contributed by atoms with Crippen molar-refractivity contribution in [3.05, 3.63) is 58.9 Å². The number of hydrogen-bond acceptors (Lipinski definition) is 2. The molecule has 0 aromatic heterocycles. The second-order valence-electron chi connectivity index (χ2n) is 4.39. The molecule has 0 saturated carbocycles. The van der Waals surface area contributed by atoms with E-state index in [9.17, 15) is 9.18 Å².